The quantitative estimate of drug-likeness (QED) is 0.781. The highest BCUT2D eigenvalue weighted by Gasteiger charge is 2.27. The number of pyridine rings is 1. The van der Waals surface area contributed by atoms with Gasteiger partial charge in [-0.05, 0) is 50.7 Å². The topological polar surface area (TPSA) is 96.2 Å². The van der Waals surface area contributed by atoms with E-state index in [4.69, 9.17) is 4.74 Å². The number of hydrogen-bond donors (Lipinski definition) is 2. The Bertz CT molecular complexity index is 919. The summed E-state index contributed by atoms with van der Waals surface area (Å²) in [6.07, 6.45) is 8.65. The minimum Gasteiger partial charge on any atom is -0.489 e. The third-order valence-corrected chi connectivity index (χ3v) is 6.23. The van der Waals surface area contributed by atoms with Gasteiger partial charge in [0.25, 0.3) is 5.91 Å². The van der Waals surface area contributed by atoms with Crippen LogP contribution in [0.2, 0.25) is 0 Å². The van der Waals surface area contributed by atoms with Crippen LogP contribution in [0.15, 0.2) is 18.3 Å². The molecule has 30 heavy (non-hydrogen) atoms. The van der Waals surface area contributed by atoms with E-state index < -0.39 is 6.09 Å². The van der Waals surface area contributed by atoms with Crippen LogP contribution in [0.4, 0.5) is 4.79 Å². The van der Waals surface area contributed by atoms with Crippen molar-refractivity contribution in [3.05, 3.63) is 29.7 Å². The molecule has 1 atom stereocenters. The summed E-state index contributed by atoms with van der Waals surface area (Å²) in [4.78, 5) is 30.2. The number of rotatable bonds is 5. The standard InChI is InChI=1S/C22H30N4O4/c1-15-19(21(27)24-17-9-5-11-25(13-17)22(28)29)26-12-6-10-18(20(26)23-15)30-14-16-7-3-2-4-8-16/h6,10,12,16-17H,2-5,7-9,11,13-14H2,1H3,(H,24,27)(H,28,29)/t17-/m0/s1. The van der Waals surface area contributed by atoms with Gasteiger partial charge >= 0.3 is 6.09 Å². The van der Waals surface area contributed by atoms with Crippen molar-refractivity contribution in [2.24, 2.45) is 5.92 Å². The smallest absolute Gasteiger partial charge is 0.407 e. The normalized spacial score (nSPS) is 20.3. The number of likely N-dealkylation sites (tertiary alicyclic amines) is 1. The molecule has 2 N–H and O–H groups in total. The van der Waals surface area contributed by atoms with E-state index >= 15 is 0 Å². The molecular formula is C22H30N4O4. The zero-order valence-corrected chi connectivity index (χ0v) is 17.5. The Balaban J connectivity index is 1.49. The number of aryl methyl sites for hydroxylation is 1. The summed E-state index contributed by atoms with van der Waals surface area (Å²) < 4.78 is 7.89. The third kappa shape index (κ3) is 4.37. The molecule has 1 aliphatic carbocycles. The highest BCUT2D eigenvalue weighted by atomic mass is 16.5. The van der Waals surface area contributed by atoms with Gasteiger partial charge in [0.15, 0.2) is 11.4 Å². The number of carbonyl (C=O) groups excluding carboxylic acids is 1. The monoisotopic (exact) mass is 414 g/mol. The Hall–Kier alpha value is -2.77. The summed E-state index contributed by atoms with van der Waals surface area (Å²) in [6.45, 7) is 3.32. The van der Waals surface area contributed by atoms with Gasteiger partial charge in [0.1, 0.15) is 5.69 Å². The van der Waals surface area contributed by atoms with Gasteiger partial charge in [-0.1, -0.05) is 19.3 Å². The Morgan fingerprint density at radius 3 is 2.80 bits per heavy atom. The van der Waals surface area contributed by atoms with E-state index in [0.29, 0.717) is 48.4 Å². The van der Waals surface area contributed by atoms with Gasteiger partial charge in [0.2, 0.25) is 0 Å². The fourth-order valence-corrected chi connectivity index (χ4v) is 4.63. The lowest BCUT2D eigenvalue weighted by atomic mass is 9.90. The molecule has 0 spiro atoms. The third-order valence-electron chi connectivity index (χ3n) is 6.23. The largest absolute Gasteiger partial charge is 0.489 e. The predicted molar refractivity (Wildman–Crippen MR) is 112 cm³/mol. The van der Waals surface area contributed by atoms with E-state index in [-0.39, 0.29) is 11.9 Å². The van der Waals surface area contributed by atoms with Gasteiger partial charge in [-0.2, -0.15) is 0 Å². The number of nitrogens with zero attached hydrogens (tertiary/aromatic N) is 3. The number of imidazole rings is 1. The summed E-state index contributed by atoms with van der Waals surface area (Å²) in [6, 6.07) is 3.57. The van der Waals surface area contributed by atoms with Crippen molar-refractivity contribution in [1.29, 1.82) is 0 Å². The number of piperidine rings is 1. The molecule has 2 aliphatic rings. The molecule has 2 aromatic heterocycles. The summed E-state index contributed by atoms with van der Waals surface area (Å²) >= 11 is 0. The van der Waals surface area contributed by atoms with Gasteiger partial charge in [-0.3, -0.25) is 9.20 Å². The molecule has 8 nitrogen and oxygen atoms in total. The minimum absolute atomic E-state index is 0.196. The molecule has 4 rings (SSSR count). The lowest BCUT2D eigenvalue weighted by Crippen LogP contribution is -2.49. The molecule has 162 valence electrons. The van der Waals surface area contributed by atoms with Crippen molar-refractivity contribution in [1.82, 2.24) is 19.6 Å². The van der Waals surface area contributed by atoms with E-state index in [9.17, 15) is 14.7 Å². The molecule has 2 aromatic rings. The van der Waals surface area contributed by atoms with Crippen molar-refractivity contribution in [2.75, 3.05) is 19.7 Å². The Labute approximate surface area is 176 Å². The summed E-state index contributed by atoms with van der Waals surface area (Å²) in [7, 11) is 0. The molecule has 0 radical (unpaired) electrons. The van der Waals surface area contributed by atoms with E-state index in [2.05, 4.69) is 10.3 Å². The van der Waals surface area contributed by atoms with Crippen molar-refractivity contribution < 1.29 is 19.4 Å². The van der Waals surface area contributed by atoms with Crippen molar-refractivity contribution in [3.8, 4) is 5.75 Å². The van der Waals surface area contributed by atoms with Crippen LogP contribution in [-0.4, -0.2) is 57.1 Å². The van der Waals surface area contributed by atoms with Gasteiger partial charge < -0.3 is 20.1 Å². The second-order valence-corrected chi connectivity index (χ2v) is 8.47. The van der Waals surface area contributed by atoms with E-state index in [1.807, 2.05) is 25.3 Å². The maximum absolute atomic E-state index is 13.0. The Kier molecular flexibility index (Phi) is 6.11. The summed E-state index contributed by atoms with van der Waals surface area (Å²) in [5.74, 6) is 1.04. The number of fused-ring (bicyclic) bond motifs is 1. The van der Waals surface area contributed by atoms with Gasteiger partial charge in [-0.25, -0.2) is 9.78 Å². The summed E-state index contributed by atoms with van der Waals surface area (Å²) in [5.41, 5.74) is 1.75. The molecule has 2 amide bonds. The fourth-order valence-electron chi connectivity index (χ4n) is 4.63. The Morgan fingerprint density at radius 1 is 1.23 bits per heavy atom. The maximum Gasteiger partial charge on any atom is 0.407 e. The molecule has 2 fully saturated rings. The van der Waals surface area contributed by atoms with Crippen LogP contribution in [0.1, 0.15) is 61.1 Å². The van der Waals surface area contributed by atoms with Crippen LogP contribution < -0.4 is 10.1 Å². The van der Waals surface area contributed by atoms with Gasteiger partial charge in [0.05, 0.1) is 12.3 Å². The molecule has 8 heteroatoms. The van der Waals surface area contributed by atoms with Crippen molar-refractivity contribution in [2.45, 2.75) is 57.9 Å². The predicted octanol–water partition coefficient (Wildman–Crippen LogP) is 3.47. The first kappa shape index (κ1) is 20.5. The number of carbonyl (C=O) groups is 2. The van der Waals surface area contributed by atoms with Crippen molar-refractivity contribution >= 4 is 17.6 Å². The van der Waals surface area contributed by atoms with Crippen LogP contribution in [-0.2, 0) is 0 Å². The molecule has 1 saturated carbocycles. The van der Waals surface area contributed by atoms with Crippen molar-refractivity contribution in [3.63, 3.8) is 0 Å². The first-order valence-corrected chi connectivity index (χ1v) is 10.9. The molecular weight excluding hydrogens is 384 g/mol. The zero-order chi connectivity index (χ0) is 21.1. The molecule has 0 aromatic carbocycles. The van der Waals surface area contributed by atoms with Gasteiger partial charge in [0, 0.05) is 25.3 Å². The second kappa shape index (κ2) is 8.93. The Morgan fingerprint density at radius 2 is 2.03 bits per heavy atom. The molecule has 3 heterocycles. The van der Waals surface area contributed by atoms with E-state index in [1.54, 1.807) is 4.40 Å². The molecule has 0 bridgehead atoms. The SMILES string of the molecule is Cc1nc2c(OCC3CCCCC3)cccn2c1C(=O)N[C@H]1CCCN(C(=O)O)C1. The number of ether oxygens (including phenoxy) is 1. The van der Waals surface area contributed by atoms with Crippen LogP contribution in [0.3, 0.4) is 0 Å². The van der Waals surface area contributed by atoms with Crippen LogP contribution in [0.5, 0.6) is 5.75 Å². The average Bonchev–Trinajstić information content (AvgIpc) is 3.09. The number of aromatic nitrogens is 2. The molecule has 1 saturated heterocycles. The first-order valence-electron chi connectivity index (χ1n) is 10.9. The highest BCUT2D eigenvalue weighted by molar-refractivity contribution is 5.95. The lowest BCUT2D eigenvalue weighted by molar-refractivity contribution is 0.0882. The van der Waals surface area contributed by atoms with Gasteiger partial charge in [-0.15, -0.1) is 0 Å². The average molecular weight is 415 g/mol. The maximum atomic E-state index is 13.0. The minimum atomic E-state index is -0.945. The number of nitrogens with one attached hydrogen (secondary N) is 1. The zero-order valence-electron chi connectivity index (χ0n) is 17.5. The van der Waals surface area contributed by atoms with E-state index in [0.717, 1.165) is 12.8 Å². The number of carboxylic acid groups (broad SMARTS) is 1. The van der Waals surface area contributed by atoms with Crippen LogP contribution in [0, 0.1) is 12.8 Å². The number of hydrogen-bond acceptors (Lipinski definition) is 4. The lowest BCUT2D eigenvalue weighted by Gasteiger charge is -2.31. The fraction of sp³-hybridized carbons (Fsp3) is 0.591. The van der Waals surface area contributed by atoms with Crippen LogP contribution >= 0.6 is 0 Å². The highest BCUT2D eigenvalue weighted by Crippen LogP contribution is 2.27. The number of amides is 2. The molecule has 1 aliphatic heterocycles. The van der Waals surface area contributed by atoms with E-state index in [1.165, 1.54) is 37.0 Å². The second-order valence-electron chi connectivity index (χ2n) is 8.47. The van der Waals surface area contributed by atoms with Crippen LogP contribution in [0.25, 0.3) is 5.65 Å². The first-order chi connectivity index (χ1) is 14.5. The summed E-state index contributed by atoms with van der Waals surface area (Å²) in [5, 5.41) is 12.2. The molecule has 0 unspecified atom stereocenters.